The Balaban J connectivity index is 2.41. The van der Waals surface area contributed by atoms with Gasteiger partial charge in [-0.2, -0.15) is 0 Å². The molecule has 0 spiro atoms. The summed E-state index contributed by atoms with van der Waals surface area (Å²) in [6, 6.07) is 8.63. The Bertz CT molecular complexity index is 681. The van der Waals surface area contributed by atoms with Crippen molar-refractivity contribution in [2.24, 2.45) is 4.99 Å². The maximum absolute atomic E-state index is 13.6. The van der Waals surface area contributed by atoms with Gasteiger partial charge in [0, 0.05) is 23.9 Å². The molecular formula is C14H10ClFN2O2. The molecule has 4 nitrogen and oxygen atoms in total. The highest BCUT2D eigenvalue weighted by Crippen LogP contribution is 2.25. The molecule has 0 unspecified atom stereocenters. The smallest absolute Gasteiger partial charge is 0.258 e. The van der Waals surface area contributed by atoms with E-state index in [0.717, 1.165) is 5.56 Å². The Morgan fingerprint density at radius 3 is 2.75 bits per heavy atom. The van der Waals surface area contributed by atoms with Gasteiger partial charge < -0.3 is 0 Å². The summed E-state index contributed by atoms with van der Waals surface area (Å²) in [6.45, 7) is 1.76. The first-order chi connectivity index (χ1) is 9.49. The number of hydrogen-bond donors (Lipinski definition) is 0. The zero-order valence-corrected chi connectivity index (χ0v) is 11.3. The van der Waals surface area contributed by atoms with E-state index < -0.39 is 10.7 Å². The first kappa shape index (κ1) is 14.1. The second kappa shape index (κ2) is 5.79. The third kappa shape index (κ3) is 3.00. The van der Waals surface area contributed by atoms with Crippen LogP contribution in [0.15, 0.2) is 41.4 Å². The standard InChI is InChI=1S/C14H10ClFN2O2/c1-9-5-6-10(18(19)20)7-14(9)17-8-11-12(15)3-2-4-13(11)16/h2-8H,1H3. The number of hydrogen-bond acceptors (Lipinski definition) is 3. The summed E-state index contributed by atoms with van der Waals surface area (Å²) >= 11 is 5.88. The molecule has 0 aliphatic rings. The second-order valence-corrected chi connectivity index (χ2v) is 4.53. The van der Waals surface area contributed by atoms with Crippen LogP contribution in [0.4, 0.5) is 15.8 Å². The van der Waals surface area contributed by atoms with E-state index in [0.29, 0.717) is 5.69 Å². The molecule has 0 bridgehead atoms. The largest absolute Gasteiger partial charge is 0.271 e. The minimum Gasteiger partial charge on any atom is -0.258 e. The molecule has 102 valence electrons. The number of nitro groups is 1. The van der Waals surface area contributed by atoms with E-state index in [4.69, 9.17) is 11.6 Å². The average Bonchev–Trinajstić information content (AvgIpc) is 2.39. The van der Waals surface area contributed by atoms with Crippen molar-refractivity contribution in [1.82, 2.24) is 0 Å². The normalized spacial score (nSPS) is 10.9. The average molecular weight is 293 g/mol. The molecule has 0 aliphatic carbocycles. The summed E-state index contributed by atoms with van der Waals surface area (Å²) < 4.78 is 13.6. The van der Waals surface area contributed by atoms with Crippen molar-refractivity contribution in [2.75, 3.05) is 0 Å². The minimum atomic E-state index is -0.505. The predicted molar refractivity (Wildman–Crippen MR) is 76.5 cm³/mol. The van der Waals surface area contributed by atoms with Gasteiger partial charge in [0.1, 0.15) is 5.82 Å². The zero-order chi connectivity index (χ0) is 14.7. The van der Waals surface area contributed by atoms with E-state index in [2.05, 4.69) is 4.99 Å². The van der Waals surface area contributed by atoms with E-state index in [9.17, 15) is 14.5 Å². The van der Waals surface area contributed by atoms with Crippen molar-refractivity contribution < 1.29 is 9.31 Å². The number of nitro benzene ring substituents is 1. The molecule has 0 heterocycles. The molecule has 2 aromatic carbocycles. The van der Waals surface area contributed by atoms with Gasteiger partial charge in [0.2, 0.25) is 0 Å². The Labute approximate surface area is 119 Å². The van der Waals surface area contributed by atoms with Crippen molar-refractivity contribution >= 4 is 29.2 Å². The monoisotopic (exact) mass is 292 g/mol. The Hall–Kier alpha value is -2.27. The number of aliphatic imine (C=N–C) groups is 1. The molecule has 20 heavy (non-hydrogen) atoms. The van der Waals surface area contributed by atoms with Gasteiger partial charge in [0.25, 0.3) is 5.69 Å². The molecule has 0 atom stereocenters. The van der Waals surface area contributed by atoms with Crippen molar-refractivity contribution in [3.63, 3.8) is 0 Å². The molecule has 0 radical (unpaired) electrons. The van der Waals surface area contributed by atoms with E-state index in [1.54, 1.807) is 19.1 Å². The SMILES string of the molecule is Cc1ccc([N+](=O)[O-])cc1N=Cc1c(F)cccc1Cl. The number of benzene rings is 2. The lowest BCUT2D eigenvalue weighted by molar-refractivity contribution is -0.384. The van der Waals surface area contributed by atoms with Crippen LogP contribution in [-0.2, 0) is 0 Å². The van der Waals surface area contributed by atoms with Crippen LogP contribution in [0.25, 0.3) is 0 Å². The van der Waals surface area contributed by atoms with Crippen LogP contribution in [0.2, 0.25) is 5.02 Å². The van der Waals surface area contributed by atoms with Gasteiger partial charge in [0.05, 0.1) is 15.6 Å². The quantitative estimate of drug-likeness (QED) is 0.477. The highest BCUT2D eigenvalue weighted by molar-refractivity contribution is 6.33. The molecule has 0 fully saturated rings. The van der Waals surface area contributed by atoms with Gasteiger partial charge in [-0.05, 0) is 24.6 Å². The topological polar surface area (TPSA) is 55.5 Å². The van der Waals surface area contributed by atoms with Crippen molar-refractivity contribution in [3.8, 4) is 0 Å². The summed E-state index contributed by atoms with van der Waals surface area (Å²) in [5, 5.41) is 11.0. The fraction of sp³-hybridized carbons (Fsp3) is 0.0714. The summed E-state index contributed by atoms with van der Waals surface area (Å²) in [6.07, 6.45) is 1.27. The maximum atomic E-state index is 13.6. The van der Waals surface area contributed by atoms with Crippen LogP contribution >= 0.6 is 11.6 Å². The zero-order valence-electron chi connectivity index (χ0n) is 10.5. The summed E-state index contributed by atoms with van der Waals surface area (Å²) in [5.41, 5.74) is 1.24. The fourth-order valence-corrected chi connectivity index (χ4v) is 1.83. The maximum Gasteiger partial charge on any atom is 0.271 e. The van der Waals surface area contributed by atoms with Crippen molar-refractivity contribution in [3.05, 3.63) is 68.5 Å². The summed E-state index contributed by atoms with van der Waals surface area (Å²) in [7, 11) is 0. The van der Waals surface area contributed by atoms with Crippen LogP contribution in [0.3, 0.4) is 0 Å². The molecule has 0 aromatic heterocycles. The van der Waals surface area contributed by atoms with Crippen LogP contribution < -0.4 is 0 Å². The van der Waals surface area contributed by atoms with Gasteiger partial charge >= 0.3 is 0 Å². The first-order valence-electron chi connectivity index (χ1n) is 5.72. The lowest BCUT2D eigenvalue weighted by Crippen LogP contribution is -1.90. The third-order valence-corrected chi connectivity index (χ3v) is 3.07. The van der Waals surface area contributed by atoms with E-state index in [1.807, 2.05) is 0 Å². The third-order valence-electron chi connectivity index (χ3n) is 2.74. The number of nitrogens with zero attached hydrogens (tertiary/aromatic N) is 2. The molecule has 2 rings (SSSR count). The molecule has 0 saturated heterocycles. The number of halogens is 2. The molecule has 0 aliphatic heterocycles. The number of aryl methyl sites for hydroxylation is 1. The second-order valence-electron chi connectivity index (χ2n) is 4.12. The van der Waals surface area contributed by atoms with Crippen LogP contribution in [0.5, 0.6) is 0 Å². The van der Waals surface area contributed by atoms with Gasteiger partial charge in [0.15, 0.2) is 0 Å². The Kier molecular flexibility index (Phi) is 4.10. The molecule has 0 saturated carbocycles. The van der Waals surface area contributed by atoms with Gasteiger partial charge in [-0.1, -0.05) is 23.7 Å². The predicted octanol–water partition coefficient (Wildman–Crippen LogP) is 4.45. The Morgan fingerprint density at radius 1 is 1.35 bits per heavy atom. The van der Waals surface area contributed by atoms with Crippen LogP contribution in [-0.4, -0.2) is 11.1 Å². The van der Waals surface area contributed by atoms with E-state index in [1.165, 1.54) is 30.5 Å². The molecule has 6 heteroatoms. The summed E-state index contributed by atoms with van der Waals surface area (Å²) in [4.78, 5) is 14.3. The van der Waals surface area contributed by atoms with Gasteiger partial charge in [-0.25, -0.2) is 4.39 Å². The van der Waals surface area contributed by atoms with Crippen molar-refractivity contribution in [1.29, 1.82) is 0 Å². The van der Waals surface area contributed by atoms with Gasteiger partial charge in [-0.15, -0.1) is 0 Å². The molecule has 0 amide bonds. The molecular weight excluding hydrogens is 283 g/mol. The lowest BCUT2D eigenvalue weighted by atomic mass is 10.2. The molecule has 2 aromatic rings. The Morgan fingerprint density at radius 2 is 2.10 bits per heavy atom. The highest BCUT2D eigenvalue weighted by Gasteiger charge is 2.08. The molecule has 0 N–H and O–H groups in total. The van der Waals surface area contributed by atoms with E-state index in [-0.39, 0.29) is 16.3 Å². The van der Waals surface area contributed by atoms with E-state index >= 15 is 0 Å². The lowest BCUT2D eigenvalue weighted by Gasteiger charge is -2.01. The van der Waals surface area contributed by atoms with Crippen LogP contribution in [0, 0.1) is 22.9 Å². The van der Waals surface area contributed by atoms with Crippen molar-refractivity contribution in [2.45, 2.75) is 6.92 Å². The number of non-ortho nitro benzene ring substituents is 1. The van der Waals surface area contributed by atoms with Gasteiger partial charge in [-0.3, -0.25) is 15.1 Å². The highest BCUT2D eigenvalue weighted by atomic mass is 35.5. The number of rotatable bonds is 3. The summed E-state index contributed by atoms with van der Waals surface area (Å²) in [5.74, 6) is -0.496. The van der Waals surface area contributed by atoms with Crippen LogP contribution in [0.1, 0.15) is 11.1 Å². The first-order valence-corrected chi connectivity index (χ1v) is 6.10. The fourth-order valence-electron chi connectivity index (χ4n) is 1.62. The minimum absolute atomic E-state index is 0.0672.